The lowest BCUT2D eigenvalue weighted by Crippen LogP contribution is -2.16. The summed E-state index contributed by atoms with van der Waals surface area (Å²) < 4.78 is 0. The van der Waals surface area contributed by atoms with E-state index in [4.69, 9.17) is 11.6 Å². The molecule has 41 heavy (non-hydrogen) atoms. The van der Waals surface area contributed by atoms with Crippen LogP contribution in [-0.2, 0) is 10.8 Å². The molecule has 0 aliphatic heterocycles. The van der Waals surface area contributed by atoms with Gasteiger partial charge in [0.2, 0.25) is 0 Å². The molecular formula is C38H38ClNO. The van der Waals surface area contributed by atoms with E-state index in [2.05, 4.69) is 119 Å². The largest absolute Gasteiger partial charge is 0.508 e. The molecule has 0 unspecified atom stereocenters. The Bertz CT molecular complexity index is 1640. The Morgan fingerprint density at radius 2 is 1.15 bits per heavy atom. The summed E-state index contributed by atoms with van der Waals surface area (Å²) >= 11 is 6.52. The molecule has 5 aromatic rings. The molecule has 0 aromatic heterocycles. The second kappa shape index (κ2) is 11.1. The van der Waals surface area contributed by atoms with Crippen LogP contribution in [0.25, 0.3) is 22.3 Å². The third-order valence-corrected chi connectivity index (χ3v) is 7.69. The zero-order chi connectivity index (χ0) is 29.4. The first-order valence-electron chi connectivity index (χ1n) is 14.1. The van der Waals surface area contributed by atoms with Crippen molar-refractivity contribution in [1.29, 1.82) is 0 Å². The van der Waals surface area contributed by atoms with Crippen LogP contribution < -0.4 is 4.90 Å². The number of hydrogen-bond acceptors (Lipinski definition) is 2. The van der Waals surface area contributed by atoms with E-state index in [-0.39, 0.29) is 16.6 Å². The number of rotatable bonds is 5. The minimum absolute atomic E-state index is 0.0168. The smallest absolute Gasteiger partial charge is 0.118 e. The predicted molar refractivity (Wildman–Crippen MR) is 176 cm³/mol. The Morgan fingerprint density at radius 1 is 0.537 bits per heavy atom. The van der Waals surface area contributed by atoms with E-state index in [9.17, 15) is 5.11 Å². The molecule has 0 bridgehead atoms. The van der Waals surface area contributed by atoms with Gasteiger partial charge in [0, 0.05) is 22.3 Å². The fourth-order valence-electron chi connectivity index (χ4n) is 5.12. The monoisotopic (exact) mass is 559 g/mol. The highest BCUT2D eigenvalue weighted by Crippen LogP contribution is 2.44. The van der Waals surface area contributed by atoms with Crippen molar-refractivity contribution < 1.29 is 5.11 Å². The first-order valence-corrected chi connectivity index (χ1v) is 14.5. The van der Waals surface area contributed by atoms with Crippen molar-refractivity contribution in [1.82, 2.24) is 0 Å². The van der Waals surface area contributed by atoms with Crippen LogP contribution in [0.15, 0.2) is 115 Å². The van der Waals surface area contributed by atoms with E-state index >= 15 is 0 Å². The summed E-state index contributed by atoms with van der Waals surface area (Å²) in [4.78, 5) is 2.18. The van der Waals surface area contributed by atoms with Crippen molar-refractivity contribution in [3.63, 3.8) is 0 Å². The number of para-hydroxylation sites is 1. The van der Waals surface area contributed by atoms with Gasteiger partial charge < -0.3 is 10.0 Å². The van der Waals surface area contributed by atoms with E-state index in [0.29, 0.717) is 5.02 Å². The van der Waals surface area contributed by atoms with Crippen LogP contribution in [0.2, 0.25) is 5.02 Å². The normalized spacial score (nSPS) is 11.9. The Hall–Kier alpha value is -4.01. The summed E-state index contributed by atoms with van der Waals surface area (Å²) in [6.45, 7) is 13.5. The molecule has 0 saturated carbocycles. The van der Waals surface area contributed by atoms with Gasteiger partial charge in [-0.05, 0) is 75.0 Å². The molecule has 5 aromatic carbocycles. The first-order chi connectivity index (χ1) is 19.4. The minimum atomic E-state index is -0.0168. The van der Waals surface area contributed by atoms with Crippen LogP contribution in [0.3, 0.4) is 0 Å². The van der Waals surface area contributed by atoms with Crippen LogP contribution in [0.4, 0.5) is 17.1 Å². The summed E-state index contributed by atoms with van der Waals surface area (Å²) in [5, 5.41) is 11.8. The number of hydrogen-bond donors (Lipinski definition) is 1. The third kappa shape index (κ3) is 6.34. The lowest BCUT2D eigenvalue weighted by molar-refractivity contribution is 0.476. The fraction of sp³-hybridized carbons (Fsp3) is 0.211. The molecule has 0 spiro atoms. The molecular weight excluding hydrogens is 522 g/mol. The highest BCUT2D eigenvalue weighted by molar-refractivity contribution is 6.30. The molecule has 0 aliphatic rings. The fourth-order valence-corrected chi connectivity index (χ4v) is 5.31. The van der Waals surface area contributed by atoms with Gasteiger partial charge in [0.15, 0.2) is 0 Å². The van der Waals surface area contributed by atoms with Gasteiger partial charge in [0.1, 0.15) is 5.75 Å². The van der Waals surface area contributed by atoms with Crippen LogP contribution in [0, 0.1) is 0 Å². The molecule has 3 heteroatoms. The second-order valence-electron chi connectivity index (χ2n) is 12.7. The van der Waals surface area contributed by atoms with Gasteiger partial charge in [-0.15, -0.1) is 0 Å². The molecule has 0 heterocycles. The highest BCUT2D eigenvalue weighted by atomic mass is 35.5. The van der Waals surface area contributed by atoms with Crippen LogP contribution >= 0.6 is 11.6 Å². The summed E-state index contributed by atoms with van der Waals surface area (Å²) in [6, 6.07) is 39.3. The van der Waals surface area contributed by atoms with Gasteiger partial charge in [0.05, 0.1) is 11.4 Å². The van der Waals surface area contributed by atoms with Gasteiger partial charge in [0.25, 0.3) is 0 Å². The van der Waals surface area contributed by atoms with Gasteiger partial charge in [-0.3, -0.25) is 0 Å². The van der Waals surface area contributed by atoms with Crippen molar-refractivity contribution in [2.45, 2.75) is 52.4 Å². The molecule has 208 valence electrons. The quantitative estimate of drug-likeness (QED) is 0.231. The summed E-state index contributed by atoms with van der Waals surface area (Å²) in [7, 11) is 0. The average Bonchev–Trinajstić information content (AvgIpc) is 2.93. The Kier molecular flexibility index (Phi) is 7.72. The van der Waals surface area contributed by atoms with Gasteiger partial charge >= 0.3 is 0 Å². The molecule has 0 radical (unpaired) electrons. The zero-order valence-corrected chi connectivity index (χ0v) is 25.5. The Balaban J connectivity index is 1.75. The number of phenolic OH excluding ortho intramolecular Hbond substituents is 1. The molecule has 0 fully saturated rings. The Morgan fingerprint density at radius 3 is 1.78 bits per heavy atom. The molecule has 0 atom stereocenters. The van der Waals surface area contributed by atoms with Crippen molar-refractivity contribution >= 4 is 28.7 Å². The van der Waals surface area contributed by atoms with E-state index < -0.39 is 0 Å². The highest BCUT2D eigenvalue weighted by Gasteiger charge is 2.23. The zero-order valence-electron chi connectivity index (χ0n) is 24.7. The van der Waals surface area contributed by atoms with Crippen molar-refractivity contribution in [3.8, 4) is 28.0 Å². The van der Waals surface area contributed by atoms with Crippen molar-refractivity contribution in [3.05, 3.63) is 131 Å². The van der Waals surface area contributed by atoms with Gasteiger partial charge in [-0.2, -0.15) is 0 Å². The van der Waals surface area contributed by atoms with E-state index in [1.165, 1.54) is 11.1 Å². The molecule has 0 saturated heterocycles. The predicted octanol–water partition coefficient (Wildman–Crippen LogP) is 11.4. The standard InChI is InChI=1S/C38H38ClNO/c1-37(2,3)29-19-27(20-30(23-29)38(4,5)6)28-21-33(25-34(41)22-28)40(32-16-12-15-31(39)24-32)36-18-11-10-17-35(36)26-13-8-7-9-14-26/h7-25,41H,1-6H3. The lowest BCUT2D eigenvalue weighted by Gasteiger charge is -2.29. The molecule has 2 nitrogen and oxygen atoms in total. The van der Waals surface area contributed by atoms with Crippen LogP contribution in [-0.4, -0.2) is 5.11 Å². The Labute approximate surface area is 249 Å². The number of nitrogens with zero attached hydrogens (tertiary/aromatic N) is 1. The molecule has 0 aliphatic carbocycles. The number of benzene rings is 5. The van der Waals surface area contributed by atoms with Gasteiger partial charge in [-0.25, -0.2) is 0 Å². The summed E-state index contributed by atoms with van der Waals surface area (Å²) in [5.74, 6) is 0.209. The van der Waals surface area contributed by atoms with E-state index in [1.54, 1.807) is 0 Å². The van der Waals surface area contributed by atoms with E-state index in [0.717, 1.165) is 39.3 Å². The molecule has 0 amide bonds. The number of phenols is 1. The summed E-state index contributed by atoms with van der Waals surface area (Å²) in [5.41, 5.74) is 9.51. The topological polar surface area (TPSA) is 23.5 Å². The van der Waals surface area contributed by atoms with Crippen molar-refractivity contribution in [2.24, 2.45) is 0 Å². The number of halogens is 1. The maximum atomic E-state index is 11.1. The SMILES string of the molecule is CC(C)(C)c1cc(-c2cc(O)cc(N(c3cccc(Cl)c3)c3ccccc3-c3ccccc3)c2)cc(C(C)(C)C)c1. The minimum Gasteiger partial charge on any atom is -0.508 e. The first kappa shape index (κ1) is 28.5. The number of anilines is 3. The lowest BCUT2D eigenvalue weighted by atomic mass is 9.79. The van der Waals surface area contributed by atoms with Gasteiger partial charge in [-0.1, -0.05) is 126 Å². The molecule has 1 N–H and O–H groups in total. The maximum Gasteiger partial charge on any atom is 0.118 e. The summed E-state index contributed by atoms with van der Waals surface area (Å²) in [6.07, 6.45) is 0. The van der Waals surface area contributed by atoms with Crippen LogP contribution in [0.1, 0.15) is 52.7 Å². The molecule has 5 rings (SSSR count). The van der Waals surface area contributed by atoms with Crippen LogP contribution in [0.5, 0.6) is 5.75 Å². The maximum absolute atomic E-state index is 11.1. The van der Waals surface area contributed by atoms with Crippen molar-refractivity contribution in [2.75, 3.05) is 4.90 Å². The second-order valence-corrected chi connectivity index (χ2v) is 13.2. The average molecular weight is 560 g/mol. The number of aromatic hydroxyl groups is 1. The van der Waals surface area contributed by atoms with E-state index in [1.807, 2.05) is 42.5 Å². The third-order valence-electron chi connectivity index (χ3n) is 7.46.